The number of carbonyl (C=O) groups is 1. The average Bonchev–Trinajstić information content (AvgIpc) is 2.19. The van der Waals surface area contributed by atoms with Crippen LogP contribution in [0.4, 0.5) is 0 Å². The van der Waals surface area contributed by atoms with Crippen LogP contribution in [-0.2, 0) is 4.74 Å². The number of hydrogen-bond donors (Lipinski definition) is 1. The summed E-state index contributed by atoms with van der Waals surface area (Å²) in [6, 6.07) is 1.46. The summed E-state index contributed by atoms with van der Waals surface area (Å²) in [6.45, 7) is 3.35. The Hall–Kier alpha value is -1.62. The zero-order valence-electron chi connectivity index (χ0n) is 10.8. The third-order valence-corrected chi connectivity index (χ3v) is 3.68. The van der Waals surface area contributed by atoms with Crippen molar-refractivity contribution in [3.63, 3.8) is 0 Å². The van der Waals surface area contributed by atoms with Crippen LogP contribution >= 0.6 is 0 Å². The van der Waals surface area contributed by atoms with Crippen LogP contribution in [-0.4, -0.2) is 28.9 Å². The van der Waals surface area contributed by atoms with Crippen molar-refractivity contribution >= 4 is 5.97 Å². The van der Waals surface area contributed by atoms with Gasteiger partial charge in [-0.2, -0.15) is 0 Å². The minimum Gasteiger partial charge on any atom is -0.478 e. The summed E-state index contributed by atoms with van der Waals surface area (Å²) in [5, 5.41) is 9.19. The molecule has 0 amide bonds. The van der Waals surface area contributed by atoms with Gasteiger partial charge in [-0.1, -0.05) is 0 Å². The summed E-state index contributed by atoms with van der Waals surface area (Å²) in [4.78, 5) is 23.2. The van der Waals surface area contributed by atoms with Crippen molar-refractivity contribution in [2.24, 2.45) is 0 Å². The molecule has 0 atom stereocenters. The smallest absolute Gasteiger partial charge is 0.337 e. The Bertz CT molecular complexity index is 541. The highest BCUT2D eigenvalue weighted by Crippen LogP contribution is 2.34. The molecule has 1 fully saturated rings. The van der Waals surface area contributed by atoms with Crippen molar-refractivity contribution in [3.05, 3.63) is 33.2 Å². The topological polar surface area (TPSA) is 68.5 Å². The predicted molar refractivity (Wildman–Crippen MR) is 66.2 cm³/mol. The molecule has 1 aromatic rings. The van der Waals surface area contributed by atoms with Crippen LogP contribution < -0.4 is 5.56 Å². The van der Waals surface area contributed by atoms with Crippen LogP contribution in [0, 0.1) is 13.8 Å². The summed E-state index contributed by atoms with van der Waals surface area (Å²) in [5.41, 5.74) is 1.15. The van der Waals surface area contributed by atoms with E-state index in [-0.39, 0.29) is 23.3 Å². The fraction of sp³-hybridized carbons (Fsp3) is 0.538. The Balaban J connectivity index is 2.45. The lowest BCUT2D eigenvalue weighted by Gasteiger charge is -2.36. The van der Waals surface area contributed by atoms with Gasteiger partial charge in [0.05, 0.1) is 11.7 Å². The number of ether oxygens (including phenoxy) is 1. The van der Waals surface area contributed by atoms with Crippen molar-refractivity contribution in [1.29, 1.82) is 0 Å². The molecule has 1 heterocycles. The molecule has 1 aliphatic carbocycles. The van der Waals surface area contributed by atoms with Gasteiger partial charge in [-0.25, -0.2) is 4.79 Å². The molecule has 5 nitrogen and oxygen atoms in total. The van der Waals surface area contributed by atoms with Gasteiger partial charge in [0.25, 0.3) is 5.56 Å². The van der Waals surface area contributed by atoms with E-state index in [0.717, 1.165) is 12.8 Å². The summed E-state index contributed by atoms with van der Waals surface area (Å²) < 4.78 is 6.78. The van der Waals surface area contributed by atoms with Gasteiger partial charge in [0, 0.05) is 24.9 Å². The number of pyridine rings is 1. The van der Waals surface area contributed by atoms with E-state index >= 15 is 0 Å². The minimum atomic E-state index is -0.985. The van der Waals surface area contributed by atoms with E-state index in [1.807, 2.05) is 0 Å². The number of carboxylic acids is 1. The summed E-state index contributed by atoms with van der Waals surface area (Å²) >= 11 is 0. The molecule has 1 aliphatic rings. The molecule has 1 saturated carbocycles. The molecule has 0 spiro atoms. The Kier molecular flexibility index (Phi) is 3.26. The quantitative estimate of drug-likeness (QED) is 0.884. The fourth-order valence-electron chi connectivity index (χ4n) is 2.62. The maximum atomic E-state index is 12.0. The summed E-state index contributed by atoms with van der Waals surface area (Å²) in [6.07, 6.45) is 1.70. The van der Waals surface area contributed by atoms with Gasteiger partial charge < -0.3 is 14.4 Å². The second-order valence-electron chi connectivity index (χ2n) is 4.78. The number of aromatic nitrogens is 1. The van der Waals surface area contributed by atoms with Gasteiger partial charge in [-0.15, -0.1) is 0 Å². The Morgan fingerprint density at radius 2 is 2.06 bits per heavy atom. The molecule has 98 valence electrons. The van der Waals surface area contributed by atoms with Crippen LogP contribution in [0.3, 0.4) is 0 Å². The Labute approximate surface area is 105 Å². The van der Waals surface area contributed by atoms with Crippen molar-refractivity contribution < 1.29 is 14.6 Å². The molecule has 0 saturated heterocycles. The molecule has 0 unspecified atom stereocenters. The lowest BCUT2D eigenvalue weighted by molar-refractivity contribution is 0.00449. The summed E-state index contributed by atoms with van der Waals surface area (Å²) in [7, 11) is 1.65. The second kappa shape index (κ2) is 4.57. The zero-order valence-corrected chi connectivity index (χ0v) is 10.8. The molecule has 5 heteroatoms. The van der Waals surface area contributed by atoms with Crippen molar-refractivity contribution in [2.45, 2.75) is 38.8 Å². The van der Waals surface area contributed by atoms with Gasteiger partial charge in [0.1, 0.15) is 0 Å². The SMILES string of the molecule is COC1CC(n2c(C)c(C(=O)O)c(C)cc2=O)C1. The third-order valence-electron chi connectivity index (χ3n) is 3.68. The number of hydrogen-bond acceptors (Lipinski definition) is 3. The van der Waals surface area contributed by atoms with Crippen LogP contribution in [0.25, 0.3) is 0 Å². The van der Waals surface area contributed by atoms with E-state index in [0.29, 0.717) is 11.3 Å². The highest BCUT2D eigenvalue weighted by atomic mass is 16.5. The average molecular weight is 251 g/mol. The molecule has 2 rings (SSSR count). The molecule has 0 radical (unpaired) electrons. The van der Waals surface area contributed by atoms with E-state index < -0.39 is 5.97 Å². The van der Waals surface area contributed by atoms with Crippen LogP contribution in [0.2, 0.25) is 0 Å². The van der Waals surface area contributed by atoms with Crippen molar-refractivity contribution in [2.75, 3.05) is 7.11 Å². The predicted octanol–water partition coefficient (Wildman–Crippen LogP) is 1.51. The van der Waals surface area contributed by atoms with Crippen LogP contribution in [0.15, 0.2) is 10.9 Å². The van der Waals surface area contributed by atoms with E-state index in [1.54, 1.807) is 25.5 Å². The molecule has 18 heavy (non-hydrogen) atoms. The number of aromatic carboxylic acids is 1. The standard InChI is InChI=1S/C13H17NO4/c1-7-4-11(15)14(8(2)12(7)13(16)17)9-5-10(6-9)18-3/h4,9-10H,5-6H2,1-3H3,(H,16,17). The van der Waals surface area contributed by atoms with Gasteiger partial charge in [0.2, 0.25) is 0 Å². The van der Waals surface area contributed by atoms with Gasteiger partial charge >= 0.3 is 5.97 Å². The number of carboxylic acid groups (broad SMARTS) is 1. The number of methoxy groups -OCH3 is 1. The van der Waals surface area contributed by atoms with Gasteiger partial charge in [-0.3, -0.25) is 4.79 Å². The number of rotatable bonds is 3. The van der Waals surface area contributed by atoms with Crippen molar-refractivity contribution in [3.8, 4) is 0 Å². The van der Waals surface area contributed by atoms with Gasteiger partial charge in [0.15, 0.2) is 0 Å². The lowest BCUT2D eigenvalue weighted by Crippen LogP contribution is -2.39. The molecule has 1 aromatic heterocycles. The van der Waals surface area contributed by atoms with Crippen LogP contribution in [0.5, 0.6) is 0 Å². The molecule has 0 bridgehead atoms. The highest BCUT2D eigenvalue weighted by Gasteiger charge is 2.32. The zero-order chi connectivity index (χ0) is 13.4. The molecule has 0 aliphatic heterocycles. The van der Waals surface area contributed by atoms with E-state index in [9.17, 15) is 14.7 Å². The first kappa shape index (κ1) is 12.8. The monoisotopic (exact) mass is 251 g/mol. The first-order valence-electron chi connectivity index (χ1n) is 5.94. The van der Waals surface area contributed by atoms with Gasteiger partial charge in [-0.05, 0) is 32.3 Å². The second-order valence-corrected chi connectivity index (χ2v) is 4.78. The van der Waals surface area contributed by atoms with Crippen LogP contribution in [0.1, 0.15) is 40.5 Å². The molecule has 0 aromatic carbocycles. The molecule has 1 N–H and O–H groups in total. The first-order valence-corrected chi connectivity index (χ1v) is 5.94. The lowest BCUT2D eigenvalue weighted by atomic mass is 9.88. The molecular weight excluding hydrogens is 234 g/mol. The Morgan fingerprint density at radius 3 is 2.56 bits per heavy atom. The maximum Gasteiger partial charge on any atom is 0.337 e. The summed E-state index contributed by atoms with van der Waals surface area (Å²) in [5.74, 6) is -0.985. The fourth-order valence-corrected chi connectivity index (χ4v) is 2.62. The van der Waals surface area contributed by atoms with E-state index in [1.165, 1.54) is 6.07 Å². The first-order chi connectivity index (χ1) is 8.45. The number of aryl methyl sites for hydroxylation is 1. The maximum absolute atomic E-state index is 12.0. The largest absolute Gasteiger partial charge is 0.478 e. The normalized spacial score (nSPS) is 22.6. The highest BCUT2D eigenvalue weighted by molar-refractivity contribution is 5.90. The minimum absolute atomic E-state index is 0.0566. The number of nitrogens with zero attached hydrogens (tertiary/aromatic N) is 1. The van der Waals surface area contributed by atoms with E-state index in [4.69, 9.17) is 4.74 Å². The Morgan fingerprint density at radius 1 is 1.44 bits per heavy atom. The third kappa shape index (κ3) is 1.95. The molecular formula is C13H17NO4. The van der Waals surface area contributed by atoms with E-state index in [2.05, 4.69) is 0 Å². The van der Waals surface area contributed by atoms with Crippen molar-refractivity contribution in [1.82, 2.24) is 4.57 Å².